The van der Waals surface area contributed by atoms with Crippen LogP contribution < -0.4 is 5.32 Å². The summed E-state index contributed by atoms with van der Waals surface area (Å²) in [6.07, 6.45) is 4.66. The lowest BCUT2D eigenvalue weighted by molar-refractivity contribution is 0.0133. The highest BCUT2D eigenvalue weighted by atomic mass is 16.5. The first-order valence-electron chi connectivity index (χ1n) is 6.30. The SMILES string of the molecule is CC1CC(NCCCC(C)(C)C#N)CCO1. The van der Waals surface area contributed by atoms with Crippen molar-refractivity contribution in [1.82, 2.24) is 5.32 Å². The van der Waals surface area contributed by atoms with Crippen LogP contribution in [0.15, 0.2) is 0 Å². The van der Waals surface area contributed by atoms with Crippen LogP contribution >= 0.6 is 0 Å². The smallest absolute Gasteiger partial charge is 0.0683 e. The van der Waals surface area contributed by atoms with E-state index in [-0.39, 0.29) is 5.41 Å². The summed E-state index contributed by atoms with van der Waals surface area (Å²) in [5.41, 5.74) is -0.176. The van der Waals surface area contributed by atoms with Crippen LogP contribution in [0.2, 0.25) is 0 Å². The van der Waals surface area contributed by atoms with Gasteiger partial charge < -0.3 is 10.1 Å². The third-order valence-corrected chi connectivity index (χ3v) is 3.20. The van der Waals surface area contributed by atoms with Gasteiger partial charge in [-0.2, -0.15) is 5.26 Å². The highest BCUT2D eigenvalue weighted by Crippen LogP contribution is 2.20. The van der Waals surface area contributed by atoms with E-state index in [0.717, 1.165) is 38.8 Å². The summed E-state index contributed by atoms with van der Waals surface area (Å²) in [7, 11) is 0. The van der Waals surface area contributed by atoms with Gasteiger partial charge >= 0.3 is 0 Å². The first-order valence-corrected chi connectivity index (χ1v) is 6.30. The molecule has 0 aromatic carbocycles. The van der Waals surface area contributed by atoms with E-state index >= 15 is 0 Å². The Morgan fingerprint density at radius 1 is 1.50 bits per heavy atom. The van der Waals surface area contributed by atoms with Crippen molar-refractivity contribution in [3.8, 4) is 6.07 Å². The molecule has 1 rings (SSSR count). The molecule has 1 fully saturated rings. The summed E-state index contributed by atoms with van der Waals surface area (Å²) >= 11 is 0. The van der Waals surface area contributed by atoms with Gasteiger partial charge in [-0.05, 0) is 53.0 Å². The maximum absolute atomic E-state index is 8.89. The monoisotopic (exact) mass is 224 g/mol. The Hall–Kier alpha value is -0.590. The fraction of sp³-hybridized carbons (Fsp3) is 0.923. The van der Waals surface area contributed by atoms with Crippen LogP contribution in [0.1, 0.15) is 46.5 Å². The lowest BCUT2D eigenvalue weighted by Gasteiger charge is -2.28. The van der Waals surface area contributed by atoms with Crippen molar-refractivity contribution in [2.45, 2.75) is 58.6 Å². The third kappa shape index (κ3) is 4.96. The van der Waals surface area contributed by atoms with Crippen molar-refractivity contribution in [2.75, 3.05) is 13.2 Å². The van der Waals surface area contributed by atoms with Crippen molar-refractivity contribution >= 4 is 0 Å². The zero-order valence-electron chi connectivity index (χ0n) is 10.8. The molecule has 1 saturated heterocycles. The highest BCUT2D eigenvalue weighted by molar-refractivity contribution is 4.91. The van der Waals surface area contributed by atoms with Crippen LogP contribution in [0.5, 0.6) is 0 Å². The van der Waals surface area contributed by atoms with Gasteiger partial charge in [0.1, 0.15) is 0 Å². The Balaban J connectivity index is 2.09. The van der Waals surface area contributed by atoms with Crippen LogP contribution in [0.25, 0.3) is 0 Å². The molecule has 0 saturated carbocycles. The van der Waals surface area contributed by atoms with Crippen LogP contribution in [0.4, 0.5) is 0 Å². The molecule has 1 N–H and O–H groups in total. The zero-order chi connectivity index (χ0) is 12.0. The average molecular weight is 224 g/mol. The van der Waals surface area contributed by atoms with Gasteiger partial charge in [-0.15, -0.1) is 0 Å². The standard InChI is InChI=1S/C13H24N2O/c1-11-9-12(5-8-16-11)15-7-4-6-13(2,3)10-14/h11-12,15H,4-9H2,1-3H3. The van der Waals surface area contributed by atoms with E-state index in [0.29, 0.717) is 12.1 Å². The molecular weight excluding hydrogens is 200 g/mol. The molecule has 2 unspecified atom stereocenters. The molecule has 1 heterocycles. The second-order valence-electron chi connectivity index (χ2n) is 5.46. The van der Waals surface area contributed by atoms with Crippen LogP contribution in [0, 0.1) is 16.7 Å². The predicted molar refractivity (Wildman–Crippen MR) is 65.1 cm³/mol. The number of ether oxygens (including phenoxy) is 1. The molecule has 3 heteroatoms. The van der Waals surface area contributed by atoms with Crippen LogP contribution in [-0.2, 0) is 4.74 Å². The lowest BCUT2D eigenvalue weighted by atomic mass is 9.90. The Morgan fingerprint density at radius 3 is 2.88 bits per heavy atom. The number of nitrogens with zero attached hydrogens (tertiary/aromatic N) is 1. The summed E-state index contributed by atoms with van der Waals surface area (Å²) in [5, 5.41) is 12.4. The second kappa shape index (κ2) is 6.22. The van der Waals surface area contributed by atoms with E-state index < -0.39 is 0 Å². The maximum Gasteiger partial charge on any atom is 0.0683 e. The number of hydrogen-bond acceptors (Lipinski definition) is 3. The van der Waals surface area contributed by atoms with E-state index in [1.54, 1.807) is 0 Å². The van der Waals surface area contributed by atoms with Gasteiger partial charge in [0.25, 0.3) is 0 Å². The van der Waals surface area contributed by atoms with Gasteiger partial charge in [0, 0.05) is 12.6 Å². The van der Waals surface area contributed by atoms with Crippen molar-refractivity contribution in [3.05, 3.63) is 0 Å². The molecule has 92 valence electrons. The first kappa shape index (κ1) is 13.5. The summed E-state index contributed by atoms with van der Waals surface area (Å²) in [5.74, 6) is 0. The van der Waals surface area contributed by atoms with E-state index in [1.807, 2.05) is 13.8 Å². The van der Waals surface area contributed by atoms with E-state index in [1.165, 1.54) is 0 Å². The molecule has 0 aliphatic carbocycles. The number of hydrogen-bond donors (Lipinski definition) is 1. The molecule has 3 nitrogen and oxygen atoms in total. The molecule has 1 aliphatic rings. The summed E-state index contributed by atoms with van der Waals surface area (Å²) in [6.45, 7) is 8.03. The predicted octanol–water partition coefficient (Wildman–Crippen LogP) is 2.47. The minimum atomic E-state index is -0.176. The molecule has 0 aromatic heterocycles. The molecule has 1 aliphatic heterocycles. The summed E-state index contributed by atoms with van der Waals surface area (Å²) < 4.78 is 5.50. The Labute approximate surface area is 99.2 Å². The Bertz CT molecular complexity index is 245. The van der Waals surface area contributed by atoms with E-state index in [2.05, 4.69) is 18.3 Å². The normalized spacial score (nSPS) is 26.4. The topological polar surface area (TPSA) is 45.0 Å². The van der Waals surface area contributed by atoms with Crippen molar-refractivity contribution in [2.24, 2.45) is 5.41 Å². The fourth-order valence-corrected chi connectivity index (χ4v) is 2.08. The average Bonchev–Trinajstić information content (AvgIpc) is 2.25. The molecule has 16 heavy (non-hydrogen) atoms. The van der Waals surface area contributed by atoms with Crippen LogP contribution in [0.3, 0.4) is 0 Å². The van der Waals surface area contributed by atoms with Gasteiger partial charge in [0.2, 0.25) is 0 Å². The Morgan fingerprint density at radius 2 is 2.25 bits per heavy atom. The second-order valence-corrected chi connectivity index (χ2v) is 5.46. The third-order valence-electron chi connectivity index (χ3n) is 3.20. The Kier molecular flexibility index (Phi) is 5.24. The van der Waals surface area contributed by atoms with Gasteiger partial charge in [0.15, 0.2) is 0 Å². The minimum absolute atomic E-state index is 0.176. The minimum Gasteiger partial charge on any atom is -0.378 e. The molecule has 0 radical (unpaired) electrons. The number of rotatable bonds is 5. The lowest BCUT2D eigenvalue weighted by Crippen LogP contribution is -2.38. The van der Waals surface area contributed by atoms with Gasteiger partial charge in [-0.1, -0.05) is 0 Å². The zero-order valence-corrected chi connectivity index (χ0v) is 10.8. The van der Waals surface area contributed by atoms with E-state index in [4.69, 9.17) is 10.00 Å². The molecule has 0 spiro atoms. The molecule has 2 atom stereocenters. The summed E-state index contributed by atoms with van der Waals surface area (Å²) in [4.78, 5) is 0. The quantitative estimate of drug-likeness (QED) is 0.730. The van der Waals surface area contributed by atoms with Gasteiger partial charge in [-0.3, -0.25) is 0 Å². The van der Waals surface area contributed by atoms with E-state index in [9.17, 15) is 0 Å². The largest absolute Gasteiger partial charge is 0.378 e. The van der Waals surface area contributed by atoms with Gasteiger partial charge in [-0.25, -0.2) is 0 Å². The molecule has 0 aromatic rings. The van der Waals surface area contributed by atoms with Crippen molar-refractivity contribution in [3.63, 3.8) is 0 Å². The molecule has 0 amide bonds. The maximum atomic E-state index is 8.89. The highest BCUT2D eigenvalue weighted by Gasteiger charge is 2.19. The first-order chi connectivity index (χ1) is 7.53. The number of nitriles is 1. The molecule has 0 bridgehead atoms. The number of nitrogens with one attached hydrogen (secondary N) is 1. The van der Waals surface area contributed by atoms with Crippen molar-refractivity contribution in [1.29, 1.82) is 5.26 Å². The summed E-state index contributed by atoms with van der Waals surface area (Å²) in [6, 6.07) is 2.94. The molecular formula is C13H24N2O. The van der Waals surface area contributed by atoms with Crippen molar-refractivity contribution < 1.29 is 4.74 Å². The fourth-order valence-electron chi connectivity index (χ4n) is 2.08. The van der Waals surface area contributed by atoms with Crippen LogP contribution in [-0.4, -0.2) is 25.3 Å². The van der Waals surface area contributed by atoms with Gasteiger partial charge in [0.05, 0.1) is 17.6 Å².